The number of halogens is 2. The molecule has 156 valence electrons. The normalized spacial score (nSPS) is 23.6. The molecule has 5 nitrogen and oxygen atoms in total. The van der Waals surface area contributed by atoms with Crippen LogP contribution in [-0.4, -0.2) is 72.4 Å². The zero-order valence-corrected chi connectivity index (χ0v) is 18.7. The summed E-state index contributed by atoms with van der Waals surface area (Å²) in [6.07, 6.45) is 5.31. The Morgan fingerprint density at radius 3 is 2.38 bits per heavy atom. The number of hydrogen-bond acceptors (Lipinski definition) is 5. The predicted octanol–water partition coefficient (Wildman–Crippen LogP) is 4.45. The van der Waals surface area contributed by atoms with Crippen LogP contribution in [0.3, 0.4) is 0 Å². The molecule has 1 aromatic carbocycles. The number of nitrogens with zero attached hydrogens (tertiary/aromatic N) is 5. The van der Waals surface area contributed by atoms with Gasteiger partial charge >= 0.3 is 0 Å². The molecule has 2 aliphatic rings. The number of benzene rings is 1. The van der Waals surface area contributed by atoms with Gasteiger partial charge in [-0.25, -0.2) is 0 Å². The van der Waals surface area contributed by atoms with E-state index in [2.05, 4.69) is 45.1 Å². The molecule has 29 heavy (non-hydrogen) atoms. The Morgan fingerprint density at radius 2 is 1.72 bits per heavy atom. The van der Waals surface area contributed by atoms with Gasteiger partial charge < -0.3 is 9.80 Å². The maximum absolute atomic E-state index is 6.12. The zero-order valence-electron chi connectivity index (χ0n) is 17.2. The Hall–Kier alpha value is -1.40. The molecule has 1 aromatic heterocycles. The fraction of sp³-hybridized carbons (Fsp3) is 0.545. The van der Waals surface area contributed by atoms with E-state index in [-0.39, 0.29) is 0 Å². The number of rotatable bonds is 4. The fourth-order valence-corrected chi connectivity index (χ4v) is 4.86. The second-order valence-corrected chi connectivity index (χ2v) is 9.18. The Labute approximate surface area is 183 Å². The van der Waals surface area contributed by atoms with E-state index in [0.717, 1.165) is 55.3 Å². The minimum Gasteiger partial charge on any atom is -0.353 e. The molecule has 7 heteroatoms. The molecule has 2 unspecified atom stereocenters. The van der Waals surface area contributed by atoms with Crippen LogP contribution in [0.1, 0.15) is 25.7 Å². The highest BCUT2D eigenvalue weighted by Crippen LogP contribution is 2.29. The largest absolute Gasteiger partial charge is 0.353 e. The summed E-state index contributed by atoms with van der Waals surface area (Å²) in [5.41, 5.74) is 1.74. The van der Waals surface area contributed by atoms with Crippen molar-refractivity contribution in [3.8, 4) is 11.3 Å². The summed E-state index contributed by atoms with van der Waals surface area (Å²) in [7, 11) is 4.43. The Bertz CT molecular complexity index is 818. The maximum Gasteiger partial charge on any atom is 0.151 e. The van der Waals surface area contributed by atoms with Gasteiger partial charge in [0.05, 0.1) is 15.7 Å². The van der Waals surface area contributed by atoms with Gasteiger partial charge in [0.15, 0.2) is 5.82 Å². The molecule has 1 aliphatic heterocycles. The second-order valence-electron chi connectivity index (χ2n) is 8.37. The van der Waals surface area contributed by atoms with Gasteiger partial charge in [0.25, 0.3) is 0 Å². The first kappa shape index (κ1) is 20.9. The predicted molar refractivity (Wildman–Crippen MR) is 121 cm³/mol. The van der Waals surface area contributed by atoms with E-state index in [1.54, 1.807) is 6.07 Å². The molecule has 2 fully saturated rings. The smallest absolute Gasteiger partial charge is 0.151 e. The molecule has 2 heterocycles. The summed E-state index contributed by atoms with van der Waals surface area (Å²) >= 11 is 12.1. The first-order valence-electron chi connectivity index (χ1n) is 10.5. The van der Waals surface area contributed by atoms with Gasteiger partial charge in [0.1, 0.15) is 0 Å². The van der Waals surface area contributed by atoms with Crippen molar-refractivity contribution in [1.29, 1.82) is 0 Å². The van der Waals surface area contributed by atoms with Crippen LogP contribution in [-0.2, 0) is 0 Å². The number of piperazine rings is 1. The van der Waals surface area contributed by atoms with Crippen LogP contribution in [0.4, 0.5) is 5.82 Å². The lowest BCUT2D eigenvalue weighted by Gasteiger charge is -2.43. The molecule has 0 radical (unpaired) electrons. The molecule has 1 saturated heterocycles. The van der Waals surface area contributed by atoms with Crippen LogP contribution in [0, 0.1) is 0 Å². The van der Waals surface area contributed by atoms with Crippen LogP contribution in [0.2, 0.25) is 10.0 Å². The van der Waals surface area contributed by atoms with Crippen molar-refractivity contribution < 1.29 is 0 Å². The monoisotopic (exact) mass is 433 g/mol. The molecular formula is C22H29Cl2N5. The van der Waals surface area contributed by atoms with E-state index in [1.165, 1.54) is 25.7 Å². The van der Waals surface area contributed by atoms with Crippen molar-refractivity contribution in [2.45, 2.75) is 37.8 Å². The molecule has 1 aliphatic carbocycles. The van der Waals surface area contributed by atoms with Gasteiger partial charge in [-0.1, -0.05) is 35.7 Å². The minimum absolute atomic E-state index is 0.533. The fourth-order valence-electron chi connectivity index (χ4n) is 4.56. The average molecular weight is 434 g/mol. The number of hydrogen-bond donors (Lipinski definition) is 0. The van der Waals surface area contributed by atoms with Crippen molar-refractivity contribution in [2.75, 3.05) is 45.2 Å². The van der Waals surface area contributed by atoms with Crippen molar-refractivity contribution in [1.82, 2.24) is 20.0 Å². The van der Waals surface area contributed by atoms with E-state index < -0.39 is 0 Å². The summed E-state index contributed by atoms with van der Waals surface area (Å²) in [6, 6.07) is 11.1. The maximum atomic E-state index is 6.12. The molecule has 0 N–H and O–H groups in total. The minimum atomic E-state index is 0.533. The van der Waals surface area contributed by atoms with E-state index >= 15 is 0 Å². The van der Waals surface area contributed by atoms with Crippen molar-refractivity contribution >= 4 is 29.0 Å². The molecular weight excluding hydrogens is 405 g/mol. The van der Waals surface area contributed by atoms with Crippen molar-refractivity contribution in [3.63, 3.8) is 0 Å². The van der Waals surface area contributed by atoms with Gasteiger partial charge in [-0.2, -0.15) is 0 Å². The summed E-state index contributed by atoms with van der Waals surface area (Å²) in [6.45, 7) is 4.20. The highest BCUT2D eigenvalue weighted by Gasteiger charge is 2.30. The van der Waals surface area contributed by atoms with Gasteiger partial charge in [0, 0.05) is 43.8 Å². The lowest BCUT2D eigenvalue weighted by Crippen LogP contribution is -2.53. The van der Waals surface area contributed by atoms with Gasteiger partial charge in [-0.15, -0.1) is 10.2 Å². The van der Waals surface area contributed by atoms with Crippen LogP contribution in [0.25, 0.3) is 11.3 Å². The SMILES string of the molecule is CN(C)C1CCCC(N2CCN(c3ccc(-c4ccc(Cl)c(Cl)c4)nn3)CC2)C1. The zero-order chi connectivity index (χ0) is 20.4. The third kappa shape index (κ3) is 4.85. The highest BCUT2D eigenvalue weighted by molar-refractivity contribution is 6.42. The van der Waals surface area contributed by atoms with E-state index in [0.29, 0.717) is 10.0 Å². The average Bonchev–Trinajstić information content (AvgIpc) is 2.76. The third-order valence-corrected chi connectivity index (χ3v) is 7.11. The molecule has 2 aromatic rings. The van der Waals surface area contributed by atoms with E-state index in [9.17, 15) is 0 Å². The molecule has 2 atom stereocenters. The standard InChI is InChI=1S/C22H29Cl2N5/c1-27(2)17-4-3-5-18(15-17)28-10-12-29(13-11-28)22-9-8-21(25-26-22)16-6-7-19(23)20(24)14-16/h6-9,14,17-18H,3-5,10-13,15H2,1-2H3. The highest BCUT2D eigenvalue weighted by atomic mass is 35.5. The second kappa shape index (κ2) is 9.17. The van der Waals surface area contributed by atoms with Crippen molar-refractivity contribution in [3.05, 3.63) is 40.4 Å². The Balaban J connectivity index is 1.35. The summed E-state index contributed by atoms with van der Waals surface area (Å²) in [5, 5.41) is 9.98. The van der Waals surface area contributed by atoms with Crippen molar-refractivity contribution in [2.24, 2.45) is 0 Å². The van der Waals surface area contributed by atoms with Crippen LogP contribution in [0.5, 0.6) is 0 Å². The first-order chi connectivity index (χ1) is 14.0. The van der Waals surface area contributed by atoms with Gasteiger partial charge in [-0.05, 0) is 57.6 Å². The van der Waals surface area contributed by atoms with Crippen LogP contribution < -0.4 is 4.90 Å². The molecule has 0 amide bonds. The summed E-state index contributed by atoms with van der Waals surface area (Å²) in [5.74, 6) is 0.947. The number of aromatic nitrogens is 2. The Morgan fingerprint density at radius 1 is 0.931 bits per heavy atom. The van der Waals surface area contributed by atoms with Gasteiger partial charge in [-0.3, -0.25) is 4.90 Å². The topological polar surface area (TPSA) is 35.5 Å². The van der Waals surface area contributed by atoms with E-state index in [1.807, 2.05) is 18.2 Å². The van der Waals surface area contributed by atoms with E-state index in [4.69, 9.17) is 23.2 Å². The first-order valence-corrected chi connectivity index (χ1v) is 11.2. The molecule has 0 spiro atoms. The third-order valence-electron chi connectivity index (χ3n) is 6.37. The molecule has 1 saturated carbocycles. The van der Waals surface area contributed by atoms with Gasteiger partial charge in [0.2, 0.25) is 0 Å². The molecule has 0 bridgehead atoms. The van der Waals surface area contributed by atoms with Crippen LogP contribution in [0.15, 0.2) is 30.3 Å². The quantitative estimate of drug-likeness (QED) is 0.711. The summed E-state index contributed by atoms with van der Waals surface area (Å²) in [4.78, 5) is 7.42. The van der Waals surface area contributed by atoms with Crippen LogP contribution >= 0.6 is 23.2 Å². The summed E-state index contributed by atoms with van der Waals surface area (Å²) < 4.78 is 0. The lowest BCUT2D eigenvalue weighted by atomic mass is 9.89. The Kier molecular flexibility index (Phi) is 6.60. The lowest BCUT2D eigenvalue weighted by molar-refractivity contribution is 0.103. The number of anilines is 1. The molecule has 4 rings (SSSR count).